The lowest BCUT2D eigenvalue weighted by Gasteiger charge is -2.30. The minimum Gasteiger partial charge on any atom is -0.409 e. The molecule has 0 saturated heterocycles. The van der Waals surface area contributed by atoms with Gasteiger partial charge in [-0.1, -0.05) is 30.8 Å². The quantitative estimate of drug-likeness (QED) is 0.317. The van der Waals surface area contributed by atoms with Gasteiger partial charge < -0.3 is 16.3 Å². The third-order valence-corrected chi connectivity index (χ3v) is 5.56. The Morgan fingerprint density at radius 1 is 1.10 bits per heavy atom. The van der Waals surface area contributed by atoms with Gasteiger partial charge in [0.05, 0.1) is 6.04 Å². The van der Waals surface area contributed by atoms with E-state index in [0.29, 0.717) is 17.8 Å². The van der Waals surface area contributed by atoms with E-state index in [-0.39, 0.29) is 23.7 Å². The van der Waals surface area contributed by atoms with Gasteiger partial charge in [0.25, 0.3) is 0 Å². The Morgan fingerprint density at radius 2 is 1.75 bits per heavy atom. The lowest BCUT2D eigenvalue weighted by Crippen LogP contribution is -2.50. The number of hydrogen-bond acceptors (Lipinski definition) is 3. The first kappa shape index (κ1) is 13.7. The van der Waals surface area contributed by atoms with Crippen molar-refractivity contribution in [3.05, 3.63) is 0 Å². The average molecular weight is 279 g/mol. The number of amidine groups is 1. The number of oxime groups is 1. The average Bonchev–Trinajstić information content (AvgIpc) is 2.98. The van der Waals surface area contributed by atoms with Gasteiger partial charge in [-0.3, -0.25) is 4.79 Å². The van der Waals surface area contributed by atoms with E-state index in [9.17, 15) is 4.79 Å². The van der Waals surface area contributed by atoms with Crippen molar-refractivity contribution < 1.29 is 10.0 Å². The van der Waals surface area contributed by atoms with Crippen molar-refractivity contribution >= 4 is 11.7 Å². The molecule has 0 aromatic rings. The first-order valence-corrected chi connectivity index (χ1v) is 8.00. The first-order valence-electron chi connectivity index (χ1n) is 8.00. The Labute approximate surface area is 120 Å². The molecule has 0 bridgehead atoms. The van der Waals surface area contributed by atoms with E-state index >= 15 is 0 Å². The minimum atomic E-state index is -0.283. The largest absolute Gasteiger partial charge is 0.409 e. The number of fused-ring (bicyclic) bond motifs is 1. The fourth-order valence-corrected chi connectivity index (χ4v) is 4.42. The molecule has 0 aromatic heterocycles. The van der Waals surface area contributed by atoms with Crippen LogP contribution in [0.25, 0.3) is 0 Å². The summed E-state index contributed by atoms with van der Waals surface area (Å²) in [4.78, 5) is 12.4. The third-order valence-electron chi connectivity index (χ3n) is 5.56. The standard InChI is InChI=1S/C15H25N3O2/c16-14(18-20)13(9-5-2-1-3-6-9)17-15(19)12-10-7-4-8-11(10)12/h9-13,20H,1-8H2,(H2,16,18)(H,17,19). The van der Waals surface area contributed by atoms with Crippen LogP contribution in [-0.2, 0) is 4.79 Å². The molecule has 3 atom stereocenters. The topological polar surface area (TPSA) is 87.7 Å². The second-order valence-corrected chi connectivity index (χ2v) is 6.69. The number of rotatable bonds is 4. The summed E-state index contributed by atoms with van der Waals surface area (Å²) in [6.07, 6.45) is 9.36. The lowest BCUT2D eigenvalue weighted by atomic mass is 9.83. The summed E-state index contributed by atoms with van der Waals surface area (Å²) in [7, 11) is 0. The fourth-order valence-electron chi connectivity index (χ4n) is 4.42. The normalized spacial score (nSPS) is 35.4. The van der Waals surface area contributed by atoms with Crippen molar-refractivity contribution in [3.8, 4) is 0 Å². The van der Waals surface area contributed by atoms with Crippen LogP contribution in [0.5, 0.6) is 0 Å². The Kier molecular flexibility index (Phi) is 3.85. The maximum atomic E-state index is 12.4. The van der Waals surface area contributed by atoms with Crippen LogP contribution >= 0.6 is 0 Å². The maximum absolute atomic E-state index is 12.4. The van der Waals surface area contributed by atoms with Crippen LogP contribution in [0.3, 0.4) is 0 Å². The third kappa shape index (κ3) is 2.50. The molecule has 1 amide bonds. The van der Waals surface area contributed by atoms with Crippen LogP contribution in [0.2, 0.25) is 0 Å². The summed E-state index contributed by atoms with van der Waals surface area (Å²) < 4.78 is 0. The van der Waals surface area contributed by atoms with Crippen molar-refractivity contribution in [1.82, 2.24) is 5.32 Å². The zero-order valence-corrected chi connectivity index (χ0v) is 11.9. The summed E-state index contributed by atoms with van der Waals surface area (Å²) >= 11 is 0. The SMILES string of the molecule is NC(=NO)C(NC(=O)C1C2CCCC21)C1CCCCC1. The van der Waals surface area contributed by atoms with Gasteiger partial charge in [0.15, 0.2) is 5.84 Å². The van der Waals surface area contributed by atoms with E-state index < -0.39 is 0 Å². The summed E-state index contributed by atoms with van der Waals surface area (Å²) in [5, 5.41) is 15.2. The van der Waals surface area contributed by atoms with Crippen LogP contribution in [0.4, 0.5) is 0 Å². The smallest absolute Gasteiger partial charge is 0.224 e. The number of nitrogens with two attached hydrogens (primary N) is 1. The monoisotopic (exact) mass is 279 g/mol. The molecule has 5 nitrogen and oxygen atoms in total. The number of carbonyl (C=O) groups excluding carboxylic acids is 1. The molecule has 112 valence electrons. The van der Waals surface area contributed by atoms with Crippen molar-refractivity contribution in [2.45, 2.75) is 57.4 Å². The van der Waals surface area contributed by atoms with Crippen molar-refractivity contribution in [2.75, 3.05) is 0 Å². The predicted molar refractivity (Wildman–Crippen MR) is 76.2 cm³/mol. The molecule has 0 heterocycles. The maximum Gasteiger partial charge on any atom is 0.224 e. The highest BCUT2D eigenvalue weighted by Crippen LogP contribution is 2.57. The van der Waals surface area contributed by atoms with Crippen LogP contribution in [0.1, 0.15) is 51.4 Å². The molecule has 3 saturated carbocycles. The fraction of sp³-hybridized carbons (Fsp3) is 0.867. The molecule has 0 aromatic carbocycles. The molecule has 0 aliphatic heterocycles. The molecule has 4 N–H and O–H groups in total. The number of nitrogens with zero attached hydrogens (tertiary/aromatic N) is 1. The minimum absolute atomic E-state index is 0.127. The van der Waals surface area contributed by atoms with Gasteiger partial charge in [0.2, 0.25) is 5.91 Å². The Hall–Kier alpha value is -1.26. The van der Waals surface area contributed by atoms with Crippen molar-refractivity contribution in [2.24, 2.45) is 34.6 Å². The van der Waals surface area contributed by atoms with Crippen molar-refractivity contribution in [3.63, 3.8) is 0 Å². The molecule has 5 heteroatoms. The summed E-state index contributed by atoms with van der Waals surface area (Å²) in [6.45, 7) is 0. The molecule has 3 fully saturated rings. The number of amides is 1. The Balaban J connectivity index is 1.62. The molecule has 3 rings (SSSR count). The summed E-state index contributed by atoms with van der Waals surface area (Å²) in [5.74, 6) is 2.02. The zero-order chi connectivity index (χ0) is 14.1. The van der Waals surface area contributed by atoms with Gasteiger partial charge in [-0.2, -0.15) is 0 Å². The van der Waals surface area contributed by atoms with E-state index in [1.54, 1.807) is 0 Å². The number of nitrogens with one attached hydrogen (secondary N) is 1. The highest BCUT2D eigenvalue weighted by Gasteiger charge is 2.56. The molecule has 3 aliphatic carbocycles. The van der Waals surface area contributed by atoms with Gasteiger partial charge in [0, 0.05) is 5.92 Å². The molecule has 20 heavy (non-hydrogen) atoms. The van der Waals surface area contributed by atoms with Gasteiger partial charge in [0.1, 0.15) is 0 Å². The van der Waals surface area contributed by atoms with Crippen LogP contribution in [-0.4, -0.2) is 23.0 Å². The second kappa shape index (κ2) is 5.62. The molecule has 0 spiro atoms. The van der Waals surface area contributed by atoms with Crippen LogP contribution in [0, 0.1) is 23.7 Å². The van der Waals surface area contributed by atoms with Crippen molar-refractivity contribution in [1.29, 1.82) is 0 Å². The van der Waals surface area contributed by atoms with E-state index in [1.165, 1.54) is 38.5 Å². The first-order chi connectivity index (χ1) is 9.72. The van der Waals surface area contributed by atoms with Crippen LogP contribution < -0.4 is 11.1 Å². The summed E-state index contributed by atoms with van der Waals surface area (Å²) in [5.41, 5.74) is 5.82. The van der Waals surface area contributed by atoms with E-state index in [1.807, 2.05) is 0 Å². The Morgan fingerprint density at radius 3 is 2.35 bits per heavy atom. The predicted octanol–water partition coefficient (Wildman–Crippen LogP) is 1.84. The van der Waals surface area contributed by atoms with E-state index in [0.717, 1.165) is 12.8 Å². The molecule has 0 radical (unpaired) electrons. The second-order valence-electron chi connectivity index (χ2n) is 6.69. The highest BCUT2D eigenvalue weighted by molar-refractivity contribution is 5.92. The molecule has 3 unspecified atom stereocenters. The van der Waals surface area contributed by atoms with E-state index in [2.05, 4.69) is 10.5 Å². The molecule has 3 aliphatic rings. The lowest BCUT2D eigenvalue weighted by molar-refractivity contribution is -0.123. The van der Waals surface area contributed by atoms with Gasteiger partial charge in [-0.25, -0.2) is 0 Å². The van der Waals surface area contributed by atoms with Gasteiger partial charge in [-0.15, -0.1) is 0 Å². The molecular weight excluding hydrogens is 254 g/mol. The molecular formula is C15H25N3O2. The van der Waals surface area contributed by atoms with Crippen LogP contribution in [0.15, 0.2) is 5.16 Å². The number of hydrogen-bond donors (Lipinski definition) is 3. The summed E-state index contributed by atoms with van der Waals surface area (Å²) in [6, 6.07) is -0.283. The number of carbonyl (C=O) groups is 1. The van der Waals surface area contributed by atoms with Gasteiger partial charge >= 0.3 is 0 Å². The Bertz CT molecular complexity index is 394. The highest BCUT2D eigenvalue weighted by atomic mass is 16.4. The van der Waals surface area contributed by atoms with E-state index in [4.69, 9.17) is 10.9 Å². The van der Waals surface area contributed by atoms with Gasteiger partial charge in [-0.05, 0) is 43.4 Å². The zero-order valence-electron chi connectivity index (χ0n) is 11.9.